The highest BCUT2D eigenvalue weighted by atomic mass is 16.5. The number of imide groups is 1. The summed E-state index contributed by atoms with van der Waals surface area (Å²) in [5, 5.41) is 3.17. The van der Waals surface area contributed by atoms with Gasteiger partial charge in [-0.3, -0.25) is 9.59 Å². The van der Waals surface area contributed by atoms with Gasteiger partial charge in [0.1, 0.15) is 5.70 Å². The van der Waals surface area contributed by atoms with Gasteiger partial charge in [-0.05, 0) is 43.7 Å². The molecule has 0 aliphatic carbocycles. The van der Waals surface area contributed by atoms with E-state index in [1.54, 1.807) is 42.5 Å². The summed E-state index contributed by atoms with van der Waals surface area (Å²) in [5.74, 6) is 0.410. The van der Waals surface area contributed by atoms with Crippen molar-refractivity contribution in [3.8, 4) is 11.5 Å². The Morgan fingerprint density at radius 1 is 0.750 bits per heavy atom. The zero-order chi connectivity index (χ0) is 22.5. The minimum atomic E-state index is -0.410. The summed E-state index contributed by atoms with van der Waals surface area (Å²) in [6, 6.07) is 23.5. The van der Waals surface area contributed by atoms with Gasteiger partial charge in [0.25, 0.3) is 11.8 Å². The molecule has 0 spiro atoms. The zero-order valence-electron chi connectivity index (χ0n) is 18.0. The van der Waals surface area contributed by atoms with E-state index in [0.717, 1.165) is 0 Å². The van der Waals surface area contributed by atoms with E-state index in [2.05, 4.69) is 5.32 Å². The third-order valence-electron chi connectivity index (χ3n) is 4.97. The van der Waals surface area contributed by atoms with Crippen LogP contribution in [0.4, 0.5) is 11.4 Å². The van der Waals surface area contributed by atoms with Gasteiger partial charge >= 0.3 is 0 Å². The Morgan fingerprint density at radius 2 is 1.38 bits per heavy atom. The molecule has 1 aliphatic rings. The number of ether oxygens (including phenoxy) is 2. The molecule has 2 amide bonds. The first-order valence-electron chi connectivity index (χ1n) is 10.5. The Hall–Kier alpha value is -4.06. The third-order valence-corrected chi connectivity index (χ3v) is 4.97. The van der Waals surface area contributed by atoms with Gasteiger partial charge in [-0.1, -0.05) is 48.5 Å². The number of benzene rings is 3. The summed E-state index contributed by atoms with van der Waals surface area (Å²) in [6.07, 6.45) is 0. The SMILES string of the molecule is CCOc1ccc(NC2=C(c3ccccc3)C(=O)N(c3ccccc3)C2=O)cc1OCC. The van der Waals surface area contributed by atoms with Crippen molar-refractivity contribution < 1.29 is 19.1 Å². The number of carbonyl (C=O) groups excluding carboxylic acids is 2. The third kappa shape index (κ3) is 4.07. The number of hydrogen-bond acceptors (Lipinski definition) is 5. The molecule has 1 heterocycles. The fourth-order valence-corrected chi connectivity index (χ4v) is 3.60. The molecular formula is C26H24N2O4. The second-order valence-electron chi connectivity index (χ2n) is 7.05. The number of anilines is 2. The predicted octanol–water partition coefficient (Wildman–Crippen LogP) is 4.88. The van der Waals surface area contributed by atoms with Crippen LogP contribution in [0.3, 0.4) is 0 Å². The molecule has 0 fully saturated rings. The van der Waals surface area contributed by atoms with E-state index < -0.39 is 5.91 Å². The quantitative estimate of drug-likeness (QED) is 0.518. The Labute approximate surface area is 187 Å². The molecule has 0 radical (unpaired) electrons. The van der Waals surface area contributed by atoms with Crippen LogP contribution in [0, 0.1) is 0 Å². The van der Waals surface area contributed by atoms with Gasteiger partial charge in [0.05, 0.1) is 24.5 Å². The highest BCUT2D eigenvalue weighted by molar-refractivity contribution is 6.46. The first-order valence-corrected chi connectivity index (χ1v) is 10.5. The Morgan fingerprint density at radius 3 is 2.03 bits per heavy atom. The van der Waals surface area contributed by atoms with Crippen molar-refractivity contribution in [1.82, 2.24) is 0 Å². The standard InChI is InChI=1S/C26H24N2O4/c1-3-31-21-16-15-19(17-22(21)32-4-2)27-24-23(18-11-7-5-8-12-18)25(29)28(26(24)30)20-13-9-6-10-14-20/h5-17,27H,3-4H2,1-2H3. The molecule has 6 heteroatoms. The minimum Gasteiger partial charge on any atom is -0.490 e. The van der Waals surface area contributed by atoms with Crippen LogP contribution < -0.4 is 19.7 Å². The molecule has 32 heavy (non-hydrogen) atoms. The lowest BCUT2D eigenvalue weighted by Crippen LogP contribution is -2.32. The lowest BCUT2D eigenvalue weighted by atomic mass is 10.0. The summed E-state index contributed by atoms with van der Waals surface area (Å²) >= 11 is 0. The van der Waals surface area contributed by atoms with Crippen molar-refractivity contribution >= 4 is 28.8 Å². The summed E-state index contributed by atoms with van der Waals surface area (Å²) in [6.45, 7) is 4.78. The number of nitrogens with zero attached hydrogens (tertiary/aromatic N) is 1. The molecule has 4 rings (SSSR count). The fraction of sp³-hybridized carbons (Fsp3) is 0.154. The minimum absolute atomic E-state index is 0.219. The van der Waals surface area contributed by atoms with E-state index in [4.69, 9.17) is 9.47 Å². The van der Waals surface area contributed by atoms with E-state index in [1.807, 2.05) is 50.2 Å². The summed E-state index contributed by atoms with van der Waals surface area (Å²) in [5.41, 5.74) is 2.36. The smallest absolute Gasteiger partial charge is 0.282 e. The topological polar surface area (TPSA) is 67.9 Å². The van der Waals surface area contributed by atoms with E-state index in [9.17, 15) is 9.59 Å². The maximum Gasteiger partial charge on any atom is 0.282 e. The van der Waals surface area contributed by atoms with Gasteiger partial charge < -0.3 is 14.8 Å². The van der Waals surface area contributed by atoms with Gasteiger partial charge in [-0.25, -0.2) is 4.90 Å². The number of para-hydroxylation sites is 1. The van der Waals surface area contributed by atoms with Crippen LogP contribution in [0.1, 0.15) is 19.4 Å². The maximum absolute atomic E-state index is 13.4. The van der Waals surface area contributed by atoms with Crippen LogP contribution >= 0.6 is 0 Å². The van der Waals surface area contributed by atoms with E-state index in [-0.39, 0.29) is 11.6 Å². The first-order chi connectivity index (χ1) is 15.6. The van der Waals surface area contributed by atoms with Crippen molar-refractivity contribution in [3.63, 3.8) is 0 Å². The highest BCUT2D eigenvalue weighted by Crippen LogP contribution is 2.36. The Kier molecular flexibility index (Phi) is 6.22. The molecule has 0 atom stereocenters. The van der Waals surface area contributed by atoms with Crippen LogP contribution in [0.15, 0.2) is 84.6 Å². The monoisotopic (exact) mass is 428 g/mol. The molecule has 1 aliphatic heterocycles. The molecule has 0 unspecified atom stereocenters. The average molecular weight is 428 g/mol. The summed E-state index contributed by atoms with van der Waals surface area (Å²) in [4.78, 5) is 28.0. The van der Waals surface area contributed by atoms with Gasteiger partial charge in [0.15, 0.2) is 11.5 Å². The Bertz CT molecular complexity index is 1160. The molecule has 0 saturated heterocycles. The lowest BCUT2D eigenvalue weighted by molar-refractivity contribution is -0.120. The maximum atomic E-state index is 13.4. The summed E-state index contributed by atoms with van der Waals surface area (Å²) in [7, 11) is 0. The average Bonchev–Trinajstić information content (AvgIpc) is 3.06. The van der Waals surface area contributed by atoms with Crippen LogP contribution in [0.25, 0.3) is 5.57 Å². The highest BCUT2D eigenvalue weighted by Gasteiger charge is 2.40. The van der Waals surface area contributed by atoms with Crippen LogP contribution in [-0.2, 0) is 9.59 Å². The first kappa shape index (κ1) is 21.2. The number of rotatable bonds is 8. The molecule has 3 aromatic rings. The van der Waals surface area contributed by atoms with Gasteiger partial charge in [0, 0.05) is 11.8 Å². The second kappa shape index (κ2) is 9.39. The number of amides is 2. The van der Waals surface area contributed by atoms with Crippen molar-refractivity contribution in [3.05, 3.63) is 90.1 Å². The summed E-state index contributed by atoms with van der Waals surface area (Å²) < 4.78 is 11.3. The van der Waals surface area contributed by atoms with Crippen LogP contribution in [0.2, 0.25) is 0 Å². The normalized spacial score (nSPS) is 13.5. The van der Waals surface area contributed by atoms with Gasteiger partial charge in [-0.15, -0.1) is 0 Å². The number of hydrogen-bond donors (Lipinski definition) is 1. The van der Waals surface area contributed by atoms with Crippen LogP contribution in [-0.4, -0.2) is 25.0 Å². The van der Waals surface area contributed by atoms with Crippen molar-refractivity contribution in [2.75, 3.05) is 23.4 Å². The van der Waals surface area contributed by atoms with Crippen molar-refractivity contribution in [2.24, 2.45) is 0 Å². The lowest BCUT2D eigenvalue weighted by Gasteiger charge is -2.16. The van der Waals surface area contributed by atoms with E-state index >= 15 is 0 Å². The van der Waals surface area contributed by atoms with Gasteiger partial charge in [0.2, 0.25) is 0 Å². The van der Waals surface area contributed by atoms with Crippen molar-refractivity contribution in [2.45, 2.75) is 13.8 Å². The molecule has 0 saturated carbocycles. The molecule has 6 nitrogen and oxygen atoms in total. The molecule has 0 bridgehead atoms. The number of nitrogens with one attached hydrogen (secondary N) is 1. The van der Waals surface area contributed by atoms with Gasteiger partial charge in [-0.2, -0.15) is 0 Å². The Balaban J connectivity index is 1.77. The zero-order valence-corrected chi connectivity index (χ0v) is 18.0. The fourth-order valence-electron chi connectivity index (χ4n) is 3.60. The van der Waals surface area contributed by atoms with Crippen LogP contribution in [0.5, 0.6) is 11.5 Å². The molecule has 1 N–H and O–H groups in total. The second-order valence-corrected chi connectivity index (χ2v) is 7.05. The molecule has 3 aromatic carbocycles. The largest absolute Gasteiger partial charge is 0.490 e. The van der Waals surface area contributed by atoms with E-state index in [0.29, 0.717) is 47.2 Å². The number of carbonyl (C=O) groups is 2. The predicted molar refractivity (Wildman–Crippen MR) is 125 cm³/mol. The van der Waals surface area contributed by atoms with Crippen molar-refractivity contribution in [1.29, 1.82) is 0 Å². The molecular weight excluding hydrogens is 404 g/mol. The molecule has 0 aromatic heterocycles. The molecule has 162 valence electrons. The van der Waals surface area contributed by atoms with E-state index in [1.165, 1.54) is 4.90 Å².